The lowest BCUT2D eigenvalue weighted by Gasteiger charge is -2.31. The minimum absolute atomic E-state index is 0.654. The summed E-state index contributed by atoms with van der Waals surface area (Å²) in [6.07, 6.45) is 2.68. The topological polar surface area (TPSA) is 18.5 Å². The van der Waals surface area contributed by atoms with E-state index in [1.807, 2.05) is 0 Å². The molecule has 1 saturated heterocycles. The fourth-order valence-electron chi connectivity index (χ4n) is 2.04. The van der Waals surface area contributed by atoms with E-state index in [1.165, 1.54) is 25.9 Å². The predicted molar refractivity (Wildman–Crippen MR) is 66.3 cm³/mol. The zero-order valence-corrected chi connectivity index (χ0v) is 10.8. The highest BCUT2D eigenvalue weighted by Gasteiger charge is 2.16. The van der Waals surface area contributed by atoms with E-state index in [2.05, 4.69) is 43.1 Å². The average Bonchev–Trinajstić information content (AvgIpc) is 2.17. The molecule has 90 valence electrons. The van der Waals surface area contributed by atoms with Crippen LogP contribution in [0.25, 0.3) is 0 Å². The Balaban J connectivity index is 2.09. The van der Waals surface area contributed by atoms with Crippen molar-refractivity contribution < 1.29 is 0 Å². The molecular weight excluding hydrogens is 186 g/mol. The SMILES string of the molecule is CC(C)N(C)CCNC1CCCN(C)C1. The molecule has 1 atom stereocenters. The van der Waals surface area contributed by atoms with Crippen LogP contribution in [0.15, 0.2) is 0 Å². The number of piperidine rings is 1. The first-order valence-electron chi connectivity index (χ1n) is 6.21. The molecule has 0 aromatic heterocycles. The van der Waals surface area contributed by atoms with Crippen molar-refractivity contribution in [1.82, 2.24) is 15.1 Å². The summed E-state index contributed by atoms with van der Waals surface area (Å²) in [5.74, 6) is 0. The minimum Gasteiger partial charge on any atom is -0.311 e. The molecule has 1 fully saturated rings. The number of likely N-dealkylation sites (tertiary alicyclic amines) is 1. The fourth-order valence-corrected chi connectivity index (χ4v) is 2.04. The molecule has 0 aliphatic carbocycles. The van der Waals surface area contributed by atoms with E-state index in [0.29, 0.717) is 12.1 Å². The quantitative estimate of drug-likeness (QED) is 0.735. The highest BCUT2D eigenvalue weighted by atomic mass is 15.2. The monoisotopic (exact) mass is 213 g/mol. The van der Waals surface area contributed by atoms with Crippen molar-refractivity contribution in [2.45, 2.75) is 38.8 Å². The maximum Gasteiger partial charge on any atom is 0.0195 e. The van der Waals surface area contributed by atoms with Gasteiger partial charge in [-0.3, -0.25) is 0 Å². The van der Waals surface area contributed by atoms with Gasteiger partial charge in [0.2, 0.25) is 0 Å². The lowest BCUT2D eigenvalue weighted by molar-refractivity contribution is 0.215. The molecule has 15 heavy (non-hydrogen) atoms. The second-order valence-corrected chi connectivity index (χ2v) is 5.13. The first-order valence-corrected chi connectivity index (χ1v) is 6.21. The van der Waals surface area contributed by atoms with E-state index in [1.54, 1.807) is 0 Å². The van der Waals surface area contributed by atoms with E-state index < -0.39 is 0 Å². The van der Waals surface area contributed by atoms with Gasteiger partial charge in [-0.05, 0) is 47.3 Å². The second-order valence-electron chi connectivity index (χ2n) is 5.13. The number of nitrogens with one attached hydrogen (secondary N) is 1. The molecule has 1 aliphatic heterocycles. The smallest absolute Gasteiger partial charge is 0.0195 e. The fraction of sp³-hybridized carbons (Fsp3) is 1.00. The number of likely N-dealkylation sites (N-methyl/N-ethyl adjacent to an activating group) is 2. The van der Waals surface area contributed by atoms with Gasteiger partial charge in [-0.2, -0.15) is 0 Å². The zero-order chi connectivity index (χ0) is 11.3. The highest BCUT2D eigenvalue weighted by molar-refractivity contribution is 4.76. The molecule has 0 spiro atoms. The third-order valence-electron chi connectivity index (χ3n) is 3.40. The Labute approximate surface area is 94.8 Å². The Morgan fingerprint density at radius 3 is 2.80 bits per heavy atom. The van der Waals surface area contributed by atoms with Crippen LogP contribution in [0.5, 0.6) is 0 Å². The van der Waals surface area contributed by atoms with Crippen molar-refractivity contribution >= 4 is 0 Å². The van der Waals surface area contributed by atoms with E-state index in [9.17, 15) is 0 Å². The van der Waals surface area contributed by atoms with Crippen LogP contribution >= 0.6 is 0 Å². The van der Waals surface area contributed by atoms with Gasteiger partial charge in [0, 0.05) is 31.7 Å². The van der Waals surface area contributed by atoms with Crippen molar-refractivity contribution in [3.8, 4) is 0 Å². The minimum atomic E-state index is 0.654. The molecule has 3 nitrogen and oxygen atoms in total. The van der Waals surface area contributed by atoms with Gasteiger partial charge in [-0.15, -0.1) is 0 Å². The Morgan fingerprint density at radius 1 is 1.47 bits per heavy atom. The first-order chi connectivity index (χ1) is 7.09. The van der Waals surface area contributed by atoms with Gasteiger partial charge in [0.25, 0.3) is 0 Å². The summed E-state index contributed by atoms with van der Waals surface area (Å²) < 4.78 is 0. The molecule has 0 radical (unpaired) electrons. The molecule has 0 aromatic rings. The largest absolute Gasteiger partial charge is 0.311 e. The van der Waals surface area contributed by atoms with Crippen molar-refractivity contribution in [3.05, 3.63) is 0 Å². The number of hydrogen-bond donors (Lipinski definition) is 1. The zero-order valence-electron chi connectivity index (χ0n) is 10.8. The van der Waals surface area contributed by atoms with Gasteiger partial charge in [-0.1, -0.05) is 0 Å². The van der Waals surface area contributed by atoms with Gasteiger partial charge >= 0.3 is 0 Å². The lowest BCUT2D eigenvalue weighted by atomic mass is 10.1. The first kappa shape index (κ1) is 12.9. The molecule has 0 amide bonds. The molecule has 1 aliphatic rings. The Morgan fingerprint density at radius 2 is 2.20 bits per heavy atom. The van der Waals surface area contributed by atoms with Gasteiger partial charge in [-0.25, -0.2) is 0 Å². The number of rotatable bonds is 5. The molecule has 1 unspecified atom stereocenters. The number of nitrogens with zero attached hydrogens (tertiary/aromatic N) is 2. The summed E-state index contributed by atoms with van der Waals surface area (Å²) in [5.41, 5.74) is 0. The number of hydrogen-bond acceptors (Lipinski definition) is 3. The molecule has 1 heterocycles. The van der Waals surface area contributed by atoms with E-state index in [0.717, 1.165) is 13.1 Å². The molecule has 1 N–H and O–H groups in total. The standard InChI is InChI=1S/C12H27N3/c1-11(2)15(4)9-7-13-12-6-5-8-14(3)10-12/h11-13H,5-10H2,1-4H3. The van der Waals surface area contributed by atoms with Crippen LogP contribution in [0.4, 0.5) is 0 Å². The molecule has 0 aromatic carbocycles. The van der Waals surface area contributed by atoms with Crippen molar-refractivity contribution in [3.63, 3.8) is 0 Å². The van der Waals surface area contributed by atoms with E-state index in [4.69, 9.17) is 0 Å². The summed E-state index contributed by atoms with van der Waals surface area (Å²) >= 11 is 0. The molecule has 0 saturated carbocycles. The summed E-state index contributed by atoms with van der Waals surface area (Å²) in [4.78, 5) is 4.81. The van der Waals surface area contributed by atoms with Crippen molar-refractivity contribution in [2.75, 3.05) is 40.3 Å². The van der Waals surface area contributed by atoms with Crippen molar-refractivity contribution in [1.29, 1.82) is 0 Å². The highest BCUT2D eigenvalue weighted by Crippen LogP contribution is 2.07. The van der Waals surface area contributed by atoms with Crippen LogP contribution in [0.2, 0.25) is 0 Å². The Bertz CT molecular complexity index is 170. The predicted octanol–water partition coefficient (Wildman–Crippen LogP) is 1.01. The van der Waals surface area contributed by atoms with Crippen LogP contribution in [-0.2, 0) is 0 Å². The lowest BCUT2D eigenvalue weighted by Crippen LogP contribution is -2.46. The van der Waals surface area contributed by atoms with Gasteiger partial charge in [0.1, 0.15) is 0 Å². The van der Waals surface area contributed by atoms with Gasteiger partial charge < -0.3 is 15.1 Å². The summed E-state index contributed by atoms with van der Waals surface area (Å²) in [6, 6.07) is 1.37. The summed E-state index contributed by atoms with van der Waals surface area (Å²) in [5, 5.41) is 3.65. The van der Waals surface area contributed by atoms with Crippen molar-refractivity contribution in [2.24, 2.45) is 0 Å². The van der Waals surface area contributed by atoms with Crippen LogP contribution in [0.3, 0.4) is 0 Å². The molecule has 1 rings (SSSR count). The second kappa shape index (κ2) is 6.46. The Hall–Kier alpha value is -0.120. The molecular formula is C12H27N3. The van der Waals surface area contributed by atoms with E-state index in [-0.39, 0.29) is 0 Å². The maximum absolute atomic E-state index is 3.65. The molecule has 0 bridgehead atoms. The summed E-state index contributed by atoms with van der Waals surface area (Å²) in [7, 11) is 4.41. The normalized spacial score (nSPS) is 24.0. The van der Waals surface area contributed by atoms with Crippen LogP contribution in [-0.4, -0.2) is 62.2 Å². The third kappa shape index (κ3) is 4.96. The maximum atomic E-state index is 3.65. The van der Waals surface area contributed by atoms with Crippen LogP contribution < -0.4 is 5.32 Å². The summed E-state index contributed by atoms with van der Waals surface area (Å²) in [6.45, 7) is 9.24. The Kier molecular flexibility index (Phi) is 5.58. The van der Waals surface area contributed by atoms with Crippen LogP contribution in [0.1, 0.15) is 26.7 Å². The average molecular weight is 213 g/mol. The third-order valence-corrected chi connectivity index (χ3v) is 3.40. The van der Waals surface area contributed by atoms with Gasteiger partial charge in [0.15, 0.2) is 0 Å². The van der Waals surface area contributed by atoms with E-state index >= 15 is 0 Å². The molecule has 3 heteroatoms. The van der Waals surface area contributed by atoms with Gasteiger partial charge in [0.05, 0.1) is 0 Å². The van der Waals surface area contributed by atoms with Crippen LogP contribution in [0, 0.1) is 0 Å².